The molecule has 0 saturated carbocycles. The smallest absolute Gasteiger partial charge is 0.323 e. The quantitative estimate of drug-likeness (QED) is 0.606. The van der Waals surface area contributed by atoms with E-state index in [1.807, 2.05) is 11.0 Å². The summed E-state index contributed by atoms with van der Waals surface area (Å²) >= 11 is 1.49. The maximum atomic E-state index is 13.1. The highest BCUT2D eigenvalue weighted by molar-refractivity contribution is 7.23. The maximum Gasteiger partial charge on any atom is 0.323 e. The predicted molar refractivity (Wildman–Crippen MR) is 132 cm³/mol. The van der Waals surface area contributed by atoms with E-state index in [9.17, 15) is 4.79 Å². The second-order valence-electron chi connectivity index (χ2n) is 8.94. The van der Waals surface area contributed by atoms with E-state index in [0.29, 0.717) is 43.8 Å². The summed E-state index contributed by atoms with van der Waals surface area (Å²) in [5, 5.41) is 3.62. The summed E-state index contributed by atoms with van der Waals surface area (Å²) in [6.07, 6.45) is 1.60. The van der Waals surface area contributed by atoms with Crippen LogP contribution in [-0.2, 0) is 21.7 Å². The molecule has 4 heterocycles. The zero-order valence-electron chi connectivity index (χ0n) is 19.2. The summed E-state index contributed by atoms with van der Waals surface area (Å²) in [5.74, 6) is 0.709. The van der Waals surface area contributed by atoms with Gasteiger partial charge in [-0.05, 0) is 36.1 Å². The number of piperidine rings is 1. The van der Waals surface area contributed by atoms with E-state index in [1.165, 1.54) is 22.5 Å². The molecule has 34 heavy (non-hydrogen) atoms. The first-order valence-corrected chi connectivity index (χ1v) is 12.6. The van der Waals surface area contributed by atoms with Crippen molar-refractivity contribution in [3.63, 3.8) is 0 Å². The Balaban J connectivity index is 1.19. The second-order valence-corrected chi connectivity index (χ2v) is 9.94. The Bertz CT molecular complexity index is 1210. The van der Waals surface area contributed by atoms with Crippen LogP contribution in [0.5, 0.6) is 5.75 Å². The van der Waals surface area contributed by atoms with Crippen molar-refractivity contribution in [1.82, 2.24) is 9.88 Å². The summed E-state index contributed by atoms with van der Waals surface area (Å²) in [6, 6.07) is 12.3. The van der Waals surface area contributed by atoms with Crippen LogP contribution < -0.4 is 15.0 Å². The number of carbonyl (C=O) groups excluding carboxylic acids is 1. The highest BCUT2D eigenvalue weighted by Gasteiger charge is 2.43. The third-order valence-electron chi connectivity index (χ3n) is 7.14. The van der Waals surface area contributed by atoms with Gasteiger partial charge in [0.25, 0.3) is 0 Å². The fourth-order valence-corrected chi connectivity index (χ4v) is 6.29. The lowest BCUT2D eigenvalue weighted by Crippen LogP contribution is -2.46. The highest BCUT2D eigenvalue weighted by atomic mass is 32.1. The summed E-state index contributed by atoms with van der Waals surface area (Å²) in [6.45, 7) is 5.03. The van der Waals surface area contributed by atoms with Crippen LogP contribution in [0.15, 0.2) is 36.4 Å². The average molecular weight is 481 g/mol. The number of hydrogen-bond donors (Lipinski definition) is 1. The third kappa shape index (κ3) is 3.68. The topological polar surface area (TPSA) is 76.2 Å². The normalized spacial score (nSPS) is 19.4. The molecule has 1 spiro atoms. The van der Waals surface area contributed by atoms with Crippen LogP contribution in [0.3, 0.4) is 0 Å². The van der Waals surface area contributed by atoms with Crippen molar-refractivity contribution in [2.24, 2.45) is 0 Å². The lowest BCUT2D eigenvalue weighted by Gasteiger charge is -2.39. The lowest BCUT2D eigenvalue weighted by molar-refractivity contribution is -0.0722. The van der Waals surface area contributed by atoms with Crippen LogP contribution in [-0.4, -0.2) is 62.4 Å². The largest absolute Gasteiger partial charge is 0.494 e. The predicted octanol–water partition coefficient (Wildman–Crippen LogP) is 4.19. The summed E-state index contributed by atoms with van der Waals surface area (Å²) < 4.78 is 18.3. The molecule has 3 aliphatic heterocycles. The number of nitrogens with zero attached hydrogens (tertiary/aromatic N) is 3. The van der Waals surface area contributed by atoms with E-state index in [1.54, 1.807) is 7.11 Å². The molecule has 9 heteroatoms. The number of hydrogen-bond acceptors (Lipinski definition) is 7. The first-order chi connectivity index (χ1) is 16.7. The van der Waals surface area contributed by atoms with Gasteiger partial charge < -0.3 is 24.0 Å². The molecule has 1 N–H and O–H groups in total. The number of urea groups is 1. The number of rotatable bonds is 3. The van der Waals surface area contributed by atoms with Crippen molar-refractivity contribution >= 4 is 38.4 Å². The summed E-state index contributed by atoms with van der Waals surface area (Å²) in [4.78, 5) is 22.0. The van der Waals surface area contributed by atoms with Crippen molar-refractivity contribution < 1.29 is 19.0 Å². The van der Waals surface area contributed by atoms with E-state index < -0.39 is 0 Å². The van der Waals surface area contributed by atoms with Crippen molar-refractivity contribution in [3.8, 4) is 5.75 Å². The Morgan fingerprint density at radius 3 is 2.71 bits per heavy atom. The number of ether oxygens (including phenoxy) is 3. The summed E-state index contributed by atoms with van der Waals surface area (Å²) in [7, 11) is 1.65. The number of morpholine rings is 1. The van der Waals surface area contributed by atoms with Gasteiger partial charge in [0.05, 0.1) is 42.9 Å². The molecule has 0 radical (unpaired) electrons. The van der Waals surface area contributed by atoms with Gasteiger partial charge in [0, 0.05) is 26.2 Å². The van der Waals surface area contributed by atoms with E-state index >= 15 is 0 Å². The van der Waals surface area contributed by atoms with Crippen LogP contribution >= 0.6 is 11.3 Å². The maximum absolute atomic E-state index is 13.1. The highest BCUT2D eigenvalue weighted by Crippen LogP contribution is 2.44. The molecule has 2 fully saturated rings. The van der Waals surface area contributed by atoms with Crippen molar-refractivity contribution in [2.75, 3.05) is 56.7 Å². The molecule has 178 valence electrons. The molecule has 2 aromatic carbocycles. The molecule has 0 bridgehead atoms. The Labute approximate surface area is 202 Å². The van der Waals surface area contributed by atoms with Gasteiger partial charge in [-0.3, -0.25) is 5.32 Å². The number of thiazole rings is 1. The molecule has 2 saturated heterocycles. The standard InChI is InChI=1S/C25H28N4O4S/c1-31-20-7-6-19(28-12-14-32-15-13-28)22-21(20)26-23(34-22)27-24(30)29-10-8-25(9-11-29)18-5-3-2-4-17(18)16-33-25/h2-7H,8-16H2,1H3,(H,26,27,30). The minimum atomic E-state index is -0.260. The van der Waals surface area contributed by atoms with Crippen LogP contribution in [0.25, 0.3) is 10.2 Å². The molecular weight excluding hydrogens is 452 g/mol. The first-order valence-electron chi connectivity index (χ1n) is 11.8. The van der Waals surface area contributed by atoms with Crippen molar-refractivity contribution in [1.29, 1.82) is 0 Å². The van der Waals surface area contributed by atoms with E-state index in [4.69, 9.17) is 19.2 Å². The van der Waals surface area contributed by atoms with Gasteiger partial charge in [0.2, 0.25) is 0 Å². The molecule has 6 rings (SSSR count). The second kappa shape index (κ2) is 8.72. The minimum absolute atomic E-state index is 0.118. The van der Waals surface area contributed by atoms with Crippen LogP contribution in [0, 0.1) is 0 Å². The number of methoxy groups -OCH3 is 1. The van der Waals surface area contributed by atoms with Gasteiger partial charge in [0.15, 0.2) is 5.13 Å². The number of aromatic nitrogens is 1. The van der Waals surface area contributed by atoms with Crippen molar-refractivity contribution in [2.45, 2.75) is 25.0 Å². The van der Waals surface area contributed by atoms with Gasteiger partial charge in [0.1, 0.15) is 11.3 Å². The van der Waals surface area contributed by atoms with E-state index in [-0.39, 0.29) is 11.6 Å². The Kier molecular flexibility index (Phi) is 5.55. The molecule has 2 amide bonds. The van der Waals surface area contributed by atoms with Crippen LogP contribution in [0.1, 0.15) is 24.0 Å². The number of amides is 2. The number of anilines is 2. The van der Waals surface area contributed by atoms with Gasteiger partial charge in [-0.2, -0.15) is 0 Å². The number of carbonyl (C=O) groups is 1. The summed E-state index contributed by atoms with van der Waals surface area (Å²) in [5.41, 5.74) is 4.17. The monoisotopic (exact) mass is 480 g/mol. The fraction of sp³-hybridized carbons (Fsp3) is 0.440. The molecule has 0 atom stereocenters. The van der Waals surface area contributed by atoms with E-state index in [2.05, 4.69) is 40.5 Å². The first kappa shape index (κ1) is 21.6. The minimum Gasteiger partial charge on any atom is -0.494 e. The Morgan fingerprint density at radius 2 is 1.91 bits per heavy atom. The number of likely N-dealkylation sites (tertiary alicyclic amines) is 1. The van der Waals surface area contributed by atoms with Crippen molar-refractivity contribution in [3.05, 3.63) is 47.5 Å². The van der Waals surface area contributed by atoms with Gasteiger partial charge in [-0.25, -0.2) is 9.78 Å². The van der Waals surface area contributed by atoms with Crippen LogP contribution in [0.2, 0.25) is 0 Å². The number of nitrogens with one attached hydrogen (secondary N) is 1. The average Bonchev–Trinajstić information content (AvgIpc) is 3.46. The Hall–Kier alpha value is -2.88. The number of benzene rings is 2. The molecule has 1 aromatic heterocycles. The third-order valence-corrected chi connectivity index (χ3v) is 8.14. The lowest BCUT2D eigenvalue weighted by atomic mass is 9.84. The Morgan fingerprint density at radius 1 is 1.12 bits per heavy atom. The van der Waals surface area contributed by atoms with Gasteiger partial charge in [-0.15, -0.1) is 0 Å². The molecule has 3 aliphatic rings. The van der Waals surface area contributed by atoms with Crippen LogP contribution in [0.4, 0.5) is 15.6 Å². The molecular formula is C25H28N4O4S. The zero-order valence-corrected chi connectivity index (χ0v) is 20.0. The fourth-order valence-electron chi connectivity index (χ4n) is 5.28. The van der Waals surface area contributed by atoms with E-state index in [0.717, 1.165) is 41.8 Å². The van der Waals surface area contributed by atoms with Gasteiger partial charge in [-0.1, -0.05) is 35.6 Å². The molecule has 3 aromatic rings. The molecule has 0 aliphatic carbocycles. The SMILES string of the molecule is COc1ccc(N2CCOCC2)c2sc(NC(=O)N3CCC4(CC3)OCc3ccccc34)nc12. The van der Waals surface area contributed by atoms with Gasteiger partial charge >= 0.3 is 6.03 Å². The number of fused-ring (bicyclic) bond motifs is 3. The molecule has 8 nitrogen and oxygen atoms in total. The zero-order chi connectivity index (χ0) is 23.1. The molecule has 0 unspecified atom stereocenters.